The van der Waals surface area contributed by atoms with Crippen LogP contribution in [0.5, 0.6) is 0 Å². The molecule has 7 rings (SSSR count). The van der Waals surface area contributed by atoms with E-state index in [1.54, 1.807) is 19.1 Å². The molecule has 0 radical (unpaired) electrons. The molecule has 2 saturated heterocycles. The smallest absolute Gasteiger partial charge is 0.303 e. The van der Waals surface area contributed by atoms with E-state index in [4.69, 9.17) is 32.6 Å². The van der Waals surface area contributed by atoms with E-state index in [1.165, 1.54) is 39.8 Å². The Labute approximate surface area is 334 Å². The van der Waals surface area contributed by atoms with Crippen molar-refractivity contribution in [3.63, 3.8) is 0 Å². The van der Waals surface area contributed by atoms with Crippen molar-refractivity contribution in [2.75, 3.05) is 13.2 Å². The quantitative estimate of drug-likeness (QED) is 0.149. The zero-order chi connectivity index (χ0) is 40.5. The zero-order valence-corrected chi connectivity index (χ0v) is 34.5. The van der Waals surface area contributed by atoms with Crippen LogP contribution in [0.1, 0.15) is 73.6 Å². The Morgan fingerprint density at radius 2 is 1.61 bits per heavy atom. The van der Waals surface area contributed by atoms with Gasteiger partial charge in [0.1, 0.15) is 24.4 Å². The molecule has 0 unspecified atom stereocenters. The summed E-state index contributed by atoms with van der Waals surface area (Å²) in [5.74, 6) is -7.06. The number of halogens is 1. The summed E-state index contributed by atoms with van der Waals surface area (Å²) >= 11 is 3.32. The number of esters is 4. The molecule has 2 aliphatic heterocycles. The van der Waals surface area contributed by atoms with E-state index in [9.17, 15) is 32.4 Å². The fraction of sp³-hybridized carbons (Fsp3) is 0.625. The molecule has 0 bridgehead atoms. The van der Waals surface area contributed by atoms with Gasteiger partial charge < -0.3 is 28.4 Å². The highest BCUT2D eigenvalue weighted by Gasteiger charge is 2.71. The van der Waals surface area contributed by atoms with Gasteiger partial charge in [0.05, 0.1) is 24.0 Å². The number of carbonyl (C=O) groups is 5. The maximum absolute atomic E-state index is 14.9. The Morgan fingerprint density at radius 3 is 2.25 bits per heavy atom. The molecule has 12 atom stereocenters. The van der Waals surface area contributed by atoms with Crippen LogP contribution in [0.2, 0.25) is 0 Å². The Kier molecular flexibility index (Phi) is 11.0. The average Bonchev–Trinajstić information content (AvgIpc) is 3.58. The Balaban J connectivity index is 1.30. The first-order valence-corrected chi connectivity index (χ1v) is 21.2. The van der Waals surface area contributed by atoms with Crippen molar-refractivity contribution in [1.29, 1.82) is 0 Å². The third-order valence-electron chi connectivity index (χ3n) is 12.7. The predicted octanol–water partition coefficient (Wildman–Crippen LogP) is 4.91. The monoisotopic (exact) mass is 862 g/mol. The van der Waals surface area contributed by atoms with Crippen molar-refractivity contribution in [2.45, 2.75) is 115 Å². The molecule has 56 heavy (non-hydrogen) atoms. The number of benzene rings is 1. The van der Waals surface area contributed by atoms with E-state index < -0.39 is 100 Å². The van der Waals surface area contributed by atoms with Gasteiger partial charge in [0.2, 0.25) is 5.79 Å². The average molecular weight is 864 g/mol. The molecule has 0 amide bonds. The minimum absolute atomic E-state index is 0.0201. The van der Waals surface area contributed by atoms with Crippen LogP contribution in [0, 0.1) is 35.0 Å². The van der Waals surface area contributed by atoms with E-state index in [-0.39, 0.29) is 29.1 Å². The standard InChI is InChI=1S/C40H47BrO14S/c1-19-17-49-40(38(54-23(5)45)36(19)53-22(4)44)31(18-50-56(47,48)27-10-8-25(41)9-11-27)34-29-13-14-30-28(33(29)35(46)37(34)55-40)12-7-24-15-26(51-20(2)42)16-32(39(24,30)6)52-21(3)43/h7-11,19,26,28,30-32,34,36-38H,12-18H2,1-6H3/t19-,26+,28+,30-,31-,32+,34-,36+,37+,38-,39-,40-/m0/s1. The first-order valence-electron chi connectivity index (χ1n) is 19.0. The third kappa shape index (κ3) is 6.96. The number of ether oxygens (including phenoxy) is 6. The van der Waals surface area contributed by atoms with Crippen LogP contribution in [0.4, 0.5) is 0 Å². The van der Waals surface area contributed by atoms with Gasteiger partial charge >= 0.3 is 23.9 Å². The lowest BCUT2D eigenvalue weighted by Gasteiger charge is -2.55. The van der Waals surface area contributed by atoms with E-state index in [0.29, 0.717) is 42.1 Å². The minimum Gasteiger partial charge on any atom is -0.462 e. The van der Waals surface area contributed by atoms with E-state index >= 15 is 0 Å². The number of allylic oxidation sites excluding steroid dienone is 1. The fourth-order valence-electron chi connectivity index (χ4n) is 10.5. The molecule has 0 aromatic heterocycles. The first kappa shape index (κ1) is 40.7. The van der Waals surface area contributed by atoms with Gasteiger partial charge in [0.15, 0.2) is 11.9 Å². The second-order valence-electron chi connectivity index (χ2n) is 16.0. The molecule has 4 aliphatic carbocycles. The van der Waals surface area contributed by atoms with Crippen LogP contribution >= 0.6 is 15.9 Å². The van der Waals surface area contributed by atoms with Gasteiger partial charge in [-0.2, -0.15) is 8.42 Å². The molecule has 304 valence electrons. The summed E-state index contributed by atoms with van der Waals surface area (Å²) in [5.41, 5.74) is 1.74. The van der Waals surface area contributed by atoms with Gasteiger partial charge in [-0.05, 0) is 55.4 Å². The first-order chi connectivity index (χ1) is 26.4. The van der Waals surface area contributed by atoms with Crippen LogP contribution in [0.3, 0.4) is 0 Å². The maximum Gasteiger partial charge on any atom is 0.303 e. The lowest BCUT2D eigenvalue weighted by atomic mass is 9.51. The summed E-state index contributed by atoms with van der Waals surface area (Å²) in [6, 6.07) is 5.94. The van der Waals surface area contributed by atoms with Gasteiger partial charge in [-0.15, -0.1) is 0 Å². The maximum atomic E-state index is 14.9. The molecule has 14 nitrogen and oxygen atoms in total. The molecular formula is C40H47BrO14S. The summed E-state index contributed by atoms with van der Waals surface area (Å²) in [6.07, 6.45) is -0.222. The minimum atomic E-state index is -4.35. The summed E-state index contributed by atoms with van der Waals surface area (Å²) < 4.78 is 70.1. The topological polar surface area (TPSA) is 184 Å². The van der Waals surface area contributed by atoms with Crippen molar-refractivity contribution in [2.24, 2.45) is 35.0 Å². The predicted molar refractivity (Wildman–Crippen MR) is 197 cm³/mol. The summed E-state index contributed by atoms with van der Waals surface area (Å²) in [7, 11) is -4.35. The zero-order valence-electron chi connectivity index (χ0n) is 32.1. The van der Waals surface area contributed by atoms with Crippen molar-refractivity contribution in [3.8, 4) is 0 Å². The van der Waals surface area contributed by atoms with Crippen LogP contribution in [0.15, 0.2) is 56.4 Å². The molecule has 16 heteroatoms. The largest absolute Gasteiger partial charge is 0.462 e. The van der Waals surface area contributed by atoms with Crippen molar-refractivity contribution >= 4 is 55.7 Å². The van der Waals surface area contributed by atoms with Gasteiger partial charge in [0.25, 0.3) is 10.1 Å². The second kappa shape index (κ2) is 15.1. The Hall–Kier alpha value is -3.44. The van der Waals surface area contributed by atoms with E-state index in [2.05, 4.69) is 28.9 Å². The van der Waals surface area contributed by atoms with E-state index in [0.717, 1.165) is 11.1 Å². The molecule has 2 heterocycles. The lowest BCUT2D eigenvalue weighted by molar-refractivity contribution is -0.339. The van der Waals surface area contributed by atoms with Crippen LogP contribution < -0.4 is 0 Å². The molecule has 0 N–H and O–H groups in total. The normalized spacial score (nSPS) is 37.4. The number of Topliss-reactive ketones (excluding diaryl/α,β-unsaturated/α-hetero) is 1. The number of fused-ring (bicyclic) bond motifs is 6. The van der Waals surface area contributed by atoms with Crippen LogP contribution in [-0.2, 0) is 66.7 Å². The Bertz CT molecular complexity index is 1990. The van der Waals surface area contributed by atoms with Crippen molar-refractivity contribution < 1.29 is 65.0 Å². The molecule has 1 saturated carbocycles. The van der Waals surface area contributed by atoms with Gasteiger partial charge in [0, 0.05) is 67.8 Å². The number of rotatable bonds is 8. The highest BCUT2D eigenvalue weighted by atomic mass is 79.9. The molecular weight excluding hydrogens is 816 g/mol. The van der Waals surface area contributed by atoms with E-state index in [1.807, 2.05) is 0 Å². The fourth-order valence-corrected chi connectivity index (χ4v) is 11.7. The SMILES string of the molecule is CC(=O)O[C@@H]1CC2=CC[C@H]3C4=C(CC[C@@H]3[C@@]2(C)[C@H](OC(C)=O)C1)[C@@H]1[C@@H](O[C@@]2(OC[C@H](C)[C@@H](OC(C)=O)[C@@H]2OC(C)=O)[C@H]1COS(=O)(=O)c1ccc(Br)cc1)C4=O. The van der Waals surface area contributed by atoms with Crippen LogP contribution in [-0.4, -0.2) is 87.6 Å². The highest BCUT2D eigenvalue weighted by molar-refractivity contribution is 9.10. The number of hydrogen-bond acceptors (Lipinski definition) is 14. The Morgan fingerprint density at radius 1 is 0.946 bits per heavy atom. The molecule has 1 spiro atoms. The molecule has 6 aliphatic rings. The summed E-state index contributed by atoms with van der Waals surface area (Å²) in [6.45, 7) is 8.41. The lowest BCUT2D eigenvalue weighted by Crippen LogP contribution is -2.64. The molecule has 3 fully saturated rings. The van der Waals surface area contributed by atoms with Gasteiger partial charge in [-0.1, -0.05) is 47.0 Å². The van der Waals surface area contributed by atoms with Crippen molar-refractivity contribution in [3.05, 3.63) is 51.5 Å². The number of ketones is 1. The van der Waals surface area contributed by atoms with Gasteiger partial charge in [-0.3, -0.25) is 28.2 Å². The van der Waals surface area contributed by atoms with Crippen LogP contribution in [0.25, 0.3) is 0 Å². The van der Waals surface area contributed by atoms with Crippen molar-refractivity contribution in [1.82, 2.24) is 0 Å². The number of carbonyl (C=O) groups excluding carboxylic acids is 5. The molecule has 1 aromatic rings. The number of hydrogen-bond donors (Lipinski definition) is 0. The summed E-state index contributed by atoms with van der Waals surface area (Å²) in [5, 5.41) is 0. The molecule has 1 aromatic carbocycles. The third-order valence-corrected chi connectivity index (χ3v) is 14.5. The second-order valence-corrected chi connectivity index (χ2v) is 18.6. The highest BCUT2D eigenvalue weighted by Crippen LogP contribution is 2.64. The van der Waals surface area contributed by atoms with Gasteiger partial charge in [-0.25, -0.2) is 0 Å². The summed E-state index contributed by atoms with van der Waals surface area (Å²) in [4.78, 5) is 64.3.